The minimum atomic E-state index is 0.0938. The number of methoxy groups -OCH3 is 1. The molecule has 0 saturated heterocycles. The number of benzene rings is 1. The number of carbonyl (C=O) groups excluding carboxylic acids is 1. The van der Waals surface area contributed by atoms with E-state index in [4.69, 9.17) is 16.3 Å². The van der Waals surface area contributed by atoms with Crippen molar-refractivity contribution in [1.29, 1.82) is 0 Å². The number of halogens is 1. The van der Waals surface area contributed by atoms with Crippen LogP contribution in [0.25, 0.3) is 10.9 Å². The van der Waals surface area contributed by atoms with Crippen LogP contribution in [-0.4, -0.2) is 23.8 Å². The van der Waals surface area contributed by atoms with Crippen molar-refractivity contribution in [2.24, 2.45) is 0 Å². The van der Waals surface area contributed by atoms with Crippen molar-refractivity contribution in [3.8, 4) is 5.75 Å². The van der Waals surface area contributed by atoms with E-state index in [0.29, 0.717) is 30.0 Å². The van der Waals surface area contributed by atoms with Crippen molar-refractivity contribution in [2.75, 3.05) is 13.0 Å². The van der Waals surface area contributed by atoms with Crippen molar-refractivity contribution in [1.82, 2.24) is 4.98 Å². The Morgan fingerprint density at radius 1 is 1.39 bits per heavy atom. The lowest BCUT2D eigenvalue weighted by Gasteiger charge is -2.08. The van der Waals surface area contributed by atoms with Crippen molar-refractivity contribution in [3.63, 3.8) is 0 Å². The maximum absolute atomic E-state index is 12.1. The highest BCUT2D eigenvalue weighted by Crippen LogP contribution is 2.27. The highest BCUT2D eigenvalue weighted by atomic mass is 35.5. The number of ketones is 1. The summed E-state index contributed by atoms with van der Waals surface area (Å²) in [5.74, 6) is 1.27. The topological polar surface area (TPSA) is 39.2 Å². The van der Waals surface area contributed by atoms with Crippen LogP contribution in [0, 0.1) is 0 Å². The first-order chi connectivity index (χ1) is 8.77. The van der Waals surface area contributed by atoms with E-state index in [2.05, 4.69) is 4.98 Å². The molecule has 0 aliphatic rings. The Kier molecular flexibility index (Phi) is 4.15. The number of Topliss-reactive ketones (excluding diaryl/α,β-unsaturated/α-hetero) is 1. The molecule has 0 aliphatic carbocycles. The van der Waals surface area contributed by atoms with Gasteiger partial charge in [-0.15, -0.1) is 11.6 Å². The number of nitrogens with zero attached hydrogens (tertiary/aromatic N) is 1. The minimum Gasteiger partial charge on any atom is -0.494 e. The molecule has 0 unspecified atom stereocenters. The smallest absolute Gasteiger partial charge is 0.163 e. The van der Waals surface area contributed by atoms with Gasteiger partial charge in [0.25, 0.3) is 0 Å². The minimum absolute atomic E-state index is 0.0938. The summed E-state index contributed by atoms with van der Waals surface area (Å²) in [4.78, 5) is 16.4. The van der Waals surface area contributed by atoms with Gasteiger partial charge in [-0.05, 0) is 24.6 Å². The van der Waals surface area contributed by atoms with Crippen molar-refractivity contribution in [2.45, 2.75) is 12.8 Å². The zero-order valence-electron chi connectivity index (χ0n) is 10.1. The molecular weight excluding hydrogens is 250 g/mol. The van der Waals surface area contributed by atoms with Crippen LogP contribution in [-0.2, 0) is 0 Å². The number of carbonyl (C=O) groups is 1. The molecule has 0 radical (unpaired) electrons. The molecule has 18 heavy (non-hydrogen) atoms. The highest BCUT2D eigenvalue weighted by Gasteiger charge is 2.12. The van der Waals surface area contributed by atoms with Gasteiger partial charge in [-0.3, -0.25) is 9.78 Å². The van der Waals surface area contributed by atoms with Gasteiger partial charge in [0.05, 0.1) is 7.11 Å². The molecule has 1 heterocycles. The number of hydrogen-bond donors (Lipinski definition) is 0. The van der Waals surface area contributed by atoms with Gasteiger partial charge in [0.15, 0.2) is 5.78 Å². The monoisotopic (exact) mass is 263 g/mol. The first-order valence-corrected chi connectivity index (χ1v) is 6.32. The van der Waals surface area contributed by atoms with Crippen LogP contribution < -0.4 is 4.74 Å². The Hall–Kier alpha value is -1.61. The Labute approximate surface area is 111 Å². The van der Waals surface area contributed by atoms with Crippen LogP contribution >= 0.6 is 11.6 Å². The van der Waals surface area contributed by atoms with E-state index in [9.17, 15) is 4.79 Å². The highest BCUT2D eigenvalue weighted by molar-refractivity contribution is 6.18. The van der Waals surface area contributed by atoms with Crippen LogP contribution in [0.1, 0.15) is 23.2 Å². The normalized spacial score (nSPS) is 10.6. The van der Waals surface area contributed by atoms with E-state index in [1.807, 2.05) is 12.1 Å². The van der Waals surface area contributed by atoms with Gasteiger partial charge in [-0.25, -0.2) is 0 Å². The molecule has 94 valence electrons. The Balaban J connectivity index is 2.49. The first kappa shape index (κ1) is 12.8. The lowest BCUT2D eigenvalue weighted by molar-refractivity contribution is 0.0983. The van der Waals surface area contributed by atoms with E-state index in [1.165, 1.54) is 0 Å². The van der Waals surface area contributed by atoms with Gasteiger partial charge in [-0.1, -0.05) is 6.07 Å². The fraction of sp³-hybridized carbons (Fsp3) is 0.286. The summed E-state index contributed by atoms with van der Waals surface area (Å²) < 4.78 is 5.25. The average Bonchev–Trinajstić information content (AvgIpc) is 2.43. The number of rotatable bonds is 5. The largest absolute Gasteiger partial charge is 0.494 e. The lowest BCUT2D eigenvalue weighted by Crippen LogP contribution is -2.01. The molecule has 0 atom stereocenters. The third-order valence-electron chi connectivity index (χ3n) is 2.79. The standard InChI is InChI=1S/C14H14ClNO2/c1-18-13-7-6-10(12(17)5-2-8-15)11-4-3-9-16-14(11)13/h3-4,6-7,9H,2,5,8H2,1H3. The Bertz CT molecular complexity index is 569. The molecule has 0 saturated carbocycles. The Morgan fingerprint density at radius 2 is 2.22 bits per heavy atom. The predicted octanol–water partition coefficient (Wildman–Crippen LogP) is 3.45. The number of alkyl halides is 1. The molecule has 2 rings (SSSR count). The summed E-state index contributed by atoms with van der Waals surface area (Å²) >= 11 is 5.61. The average molecular weight is 264 g/mol. The molecule has 0 amide bonds. The second kappa shape index (κ2) is 5.83. The maximum Gasteiger partial charge on any atom is 0.163 e. The van der Waals surface area contributed by atoms with Gasteiger partial charge in [-0.2, -0.15) is 0 Å². The Morgan fingerprint density at radius 3 is 2.94 bits per heavy atom. The van der Waals surface area contributed by atoms with Gasteiger partial charge < -0.3 is 4.74 Å². The number of aromatic nitrogens is 1. The van der Waals surface area contributed by atoms with E-state index >= 15 is 0 Å². The summed E-state index contributed by atoms with van der Waals surface area (Å²) in [6.07, 6.45) is 2.84. The second-order valence-electron chi connectivity index (χ2n) is 3.93. The van der Waals surface area contributed by atoms with Crippen molar-refractivity contribution in [3.05, 3.63) is 36.0 Å². The van der Waals surface area contributed by atoms with Crippen molar-refractivity contribution < 1.29 is 9.53 Å². The van der Waals surface area contributed by atoms with Crippen molar-refractivity contribution >= 4 is 28.3 Å². The molecule has 1 aromatic heterocycles. The summed E-state index contributed by atoms with van der Waals surface area (Å²) in [5, 5.41) is 0.830. The van der Waals surface area contributed by atoms with Gasteiger partial charge >= 0.3 is 0 Å². The van der Waals surface area contributed by atoms with E-state index in [1.54, 1.807) is 25.4 Å². The van der Waals surface area contributed by atoms with Gasteiger partial charge in [0.1, 0.15) is 11.3 Å². The zero-order chi connectivity index (χ0) is 13.0. The van der Waals surface area contributed by atoms with Crippen LogP contribution in [0.15, 0.2) is 30.5 Å². The third kappa shape index (κ3) is 2.46. The summed E-state index contributed by atoms with van der Waals surface area (Å²) in [7, 11) is 1.60. The summed E-state index contributed by atoms with van der Waals surface area (Å²) in [6.45, 7) is 0. The molecule has 0 N–H and O–H groups in total. The van der Waals surface area contributed by atoms with Crippen LogP contribution in [0.5, 0.6) is 5.75 Å². The van der Waals surface area contributed by atoms with Gasteiger partial charge in [0, 0.05) is 29.4 Å². The van der Waals surface area contributed by atoms with Crippen LogP contribution in [0.4, 0.5) is 0 Å². The molecule has 2 aromatic rings. The van der Waals surface area contributed by atoms with Crippen LogP contribution in [0.2, 0.25) is 0 Å². The molecule has 0 aliphatic heterocycles. The molecule has 0 fully saturated rings. The first-order valence-electron chi connectivity index (χ1n) is 5.79. The molecular formula is C14H14ClNO2. The maximum atomic E-state index is 12.1. The fourth-order valence-electron chi connectivity index (χ4n) is 1.92. The molecule has 4 heteroatoms. The molecule has 0 spiro atoms. The third-order valence-corrected chi connectivity index (χ3v) is 3.06. The molecule has 0 bridgehead atoms. The summed E-state index contributed by atoms with van der Waals surface area (Å²) in [5.41, 5.74) is 1.40. The zero-order valence-corrected chi connectivity index (χ0v) is 10.9. The number of pyridine rings is 1. The number of ether oxygens (including phenoxy) is 1. The predicted molar refractivity (Wildman–Crippen MR) is 72.6 cm³/mol. The van der Waals surface area contributed by atoms with E-state index < -0.39 is 0 Å². The second-order valence-corrected chi connectivity index (χ2v) is 4.31. The number of fused-ring (bicyclic) bond motifs is 1. The summed E-state index contributed by atoms with van der Waals surface area (Å²) in [6, 6.07) is 7.28. The lowest BCUT2D eigenvalue weighted by atomic mass is 10.0. The van der Waals surface area contributed by atoms with E-state index in [-0.39, 0.29) is 5.78 Å². The van der Waals surface area contributed by atoms with E-state index in [0.717, 1.165) is 10.9 Å². The SMILES string of the molecule is COc1ccc(C(=O)CCCCl)c2cccnc12. The molecule has 3 nitrogen and oxygen atoms in total. The van der Waals surface area contributed by atoms with Crippen LogP contribution in [0.3, 0.4) is 0 Å². The fourth-order valence-corrected chi connectivity index (χ4v) is 2.05. The number of hydrogen-bond acceptors (Lipinski definition) is 3. The van der Waals surface area contributed by atoms with Gasteiger partial charge in [0.2, 0.25) is 0 Å². The quantitative estimate of drug-likeness (QED) is 0.613. The molecule has 1 aromatic carbocycles.